The van der Waals surface area contributed by atoms with Gasteiger partial charge in [0.1, 0.15) is 11.3 Å². The molecule has 8 heteroatoms. The number of fused-ring (bicyclic) bond motifs is 2. The summed E-state index contributed by atoms with van der Waals surface area (Å²) in [5, 5.41) is 5.68. The van der Waals surface area contributed by atoms with Crippen LogP contribution in [0.15, 0.2) is 75.6 Å². The number of hydrogen-bond donors (Lipinski definition) is 1. The predicted molar refractivity (Wildman–Crippen MR) is 136 cm³/mol. The Morgan fingerprint density at radius 2 is 1.88 bits per heavy atom. The van der Waals surface area contributed by atoms with Gasteiger partial charge in [0.2, 0.25) is 5.89 Å². The third-order valence-corrected chi connectivity index (χ3v) is 6.55. The highest BCUT2D eigenvalue weighted by Gasteiger charge is 2.20. The van der Waals surface area contributed by atoms with Crippen molar-refractivity contribution in [2.24, 2.45) is 0 Å². The monoisotopic (exact) mass is 540 g/mol. The van der Waals surface area contributed by atoms with E-state index >= 15 is 0 Å². The van der Waals surface area contributed by atoms with E-state index < -0.39 is 0 Å². The van der Waals surface area contributed by atoms with Crippen molar-refractivity contribution in [2.75, 3.05) is 12.4 Å². The summed E-state index contributed by atoms with van der Waals surface area (Å²) < 4.78 is 12.1. The zero-order valence-electron chi connectivity index (χ0n) is 17.2. The van der Waals surface area contributed by atoms with Crippen LogP contribution in [-0.2, 0) is 0 Å². The van der Waals surface area contributed by atoms with E-state index in [-0.39, 0.29) is 5.91 Å². The van der Waals surface area contributed by atoms with Crippen LogP contribution in [0.1, 0.15) is 10.4 Å². The Bertz CT molecular complexity index is 1550. The molecule has 33 heavy (non-hydrogen) atoms. The maximum absolute atomic E-state index is 13.2. The fraction of sp³-hybridized carbons (Fsp3) is 0.0400. The average Bonchev–Trinajstić information content (AvgIpc) is 3.23. The van der Waals surface area contributed by atoms with Crippen molar-refractivity contribution in [3.8, 4) is 17.2 Å². The first kappa shape index (κ1) is 21.8. The number of nitrogens with one attached hydrogen (secondary N) is 1. The smallest absolute Gasteiger partial charge is 0.259 e. The molecule has 0 radical (unpaired) electrons. The van der Waals surface area contributed by atoms with E-state index in [2.05, 4.69) is 26.2 Å². The molecule has 5 nitrogen and oxygen atoms in total. The number of ether oxygens (including phenoxy) is 1. The normalized spacial score (nSPS) is 11.2. The molecule has 1 amide bonds. The van der Waals surface area contributed by atoms with Crippen molar-refractivity contribution in [2.45, 2.75) is 0 Å². The van der Waals surface area contributed by atoms with Crippen LogP contribution in [0, 0.1) is 0 Å². The Kier molecular flexibility index (Phi) is 5.74. The van der Waals surface area contributed by atoms with E-state index in [1.165, 1.54) is 7.11 Å². The van der Waals surface area contributed by atoms with Crippen LogP contribution in [0.3, 0.4) is 0 Å². The first-order valence-electron chi connectivity index (χ1n) is 9.87. The third kappa shape index (κ3) is 4.06. The Labute approximate surface area is 207 Å². The molecule has 0 fully saturated rings. The van der Waals surface area contributed by atoms with E-state index in [0.29, 0.717) is 54.1 Å². The second-order valence-electron chi connectivity index (χ2n) is 7.27. The molecule has 1 N–H and O–H groups in total. The Morgan fingerprint density at radius 1 is 1.06 bits per heavy atom. The molecule has 0 aliphatic carbocycles. The summed E-state index contributed by atoms with van der Waals surface area (Å²) in [6.45, 7) is 0. The second kappa shape index (κ2) is 8.71. The summed E-state index contributed by atoms with van der Waals surface area (Å²) in [6, 6.07) is 19.9. The van der Waals surface area contributed by atoms with Gasteiger partial charge < -0.3 is 14.5 Å². The molecule has 0 saturated carbocycles. The van der Waals surface area contributed by atoms with E-state index in [1.807, 2.05) is 24.3 Å². The molecule has 0 aliphatic rings. The minimum Gasteiger partial charge on any atom is -0.495 e. The SMILES string of the molecule is COc1c(C(=O)Nc2cc(-c3nc4cc(Cl)ccc4o3)ccc2Cl)cc2ccccc2c1Br. The number of oxazole rings is 1. The summed E-state index contributed by atoms with van der Waals surface area (Å²) in [6.07, 6.45) is 0. The molecule has 0 spiro atoms. The molecule has 4 aromatic carbocycles. The number of halogens is 3. The summed E-state index contributed by atoms with van der Waals surface area (Å²) in [5.41, 5.74) is 2.71. The van der Waals surface area contributed by atoms with Gasteiger partial charge in [-0.25, -0.2) is 4.98 Å². The number of carbonyl (C=O) groups excluding carboxylic acids is 1. The molecule has 5 aromatic rings. The predicted octanol–water partition coefficient (Wildman–Crippen LogP) is 7.98. The van der Waals surface area contributed by atoms with E-state index in [0.717, 1.165) is 10.8 Å². The lowest BCUT2D eigenvalue weighted by molar-refractivity contribution is 0.102. The van der Waals surface area contributed by atoms with Crippen LogP contribution in [0.25, 0.3) is 33.3 Å². The number of nitrogens with zero attached hydrogens (tertiary/aromatic N) is 1. The maximum Gasteiger partial charge on any atom is 0.259 e. The maximum atomic E-state index is 13.2. The molecule has 0 atom stereocenters. The van der Waals surface area contributed by atoms with Crippen molar-refractivity contribution >= 4 is 72.6 Å². The Morgan fingerprint density at radius 3 is 2.70 bits per heavy atom. The summed E-state index contributed by atoms with van der Waals surface area (Å²) in [4.78, 5) is 17.7. The van der Waals surface area contributed by atoms with Crippen LogP contribution < -0.4 is 10.1 Å². The molecular formula is C25H15BrCl2N2O3. The molecule has 0 bridgehead atoms. The third-order valence-electron chi connectivity index (χ3n) is 5.20. The number of hydrogen-bond acceptors (Lipinski definition) is 4. The van der Waals surface area contributed by atoms with Crippen molar-refractivity contribution in [3.63, 3.8) is 0 Å². The first-order chi connectivity index (χ1) is 15.9. The van der Waals surface area contributed by atoms with Gasteiger partial charge in [0.15, 0.2) is 5.58 Å². The number of methoxy groups -OCH3 is 1. The number of rotatable bonds is 4. The molecule has 0 unspecified atom stereocenters. The van der Waals surface area contributed by atoms with Gasteiger partial charge in [-0.1, -0.05) is 47.5 Å². The van der Waals surface area contributed by atoms with Gasteiger partial charge in [-0.15, -0.1) is 0 Å². The van der Waals surface area contributed by atoms with Gasteiger partial charge in [-0.2, -0.15) is 0 Å². The summed E-state index contributed by atoms with van der Waals surface area (Å²) >= 11 is 16.0. The molecular weight excluding hydrogens is 527 g/mol. The number of amides is 1. The number of anilines is 1. The Hall–Kier alpha value is -3.06. The van der Waals surface area contributed by atoms with Crippen molar-refractivity contribution < 1.29 is 13.9 Å². The molecule has 1 aromatic heterocycles. The first-order valence-corrected chi connectivity index (χ1v) is 11.4. The summed E-state index contributed by atoms with van der Waals surface area (Å²) in [5.74, 6) is 0.474. The second-order valence-corrected chi connectivity index (χ2v) is 8.91. The number of aromatic nitrogens is 1. The van der Waals surface area contributed by atoms with Gasteiger partial charge in [0.05, 0.1) is 27.9 Å². The fourth-order valence-corrected chi connectivity index (χ4v) is 4.69. The van der Waals surface area contributed by atoms with Gasteiger partial charge in [-0.3, -0.25) is 4.79 Å². The molecule has 5 rings (SSSR count). The van der Waals surface area contributed by atoms with Crippen molar-refractivity contribution in [1.82, 2.24) is 4.98 Å². The van der Waals surface area contributed by atoms with Gasteiger partial charge >= 0.3 is 0 Å². The lowest BCUT2D eigenvalue weighted by Gasteiger charge is -2.14. The topological polar surface area (TPSA) is 64.4 Å². The lowest BCUT2D eigenvalue weighted by Crippen LogP contribution is -2.14. The largest absolute Gasteiger partial charge is 0.495 e. The fourth-order valence-electron chi connectivity index (χ4n) is 3.62. The highest BCUT2D eigenvalue weighted by molar-refractivity contribution is 9.10. The van der Waals surface area contributed by atoms with Gasteiger partial charge in [0, 0.05) is 10.6 Å². The van der Waals surface area contributed by atoms with E-state index in [9.17, 15) is 4.79 Å². The van der Waals surface area contributed by atoms with Crippen LogP contribution in [0.5, 0.6) is 5.75 Å². The van der Waals surface area contributed by atoms with E-state index in [4.69, 9.17) is 32.4 Å². The van der Waals surface area contributed by atoms with Crippen LogP contribution in [0.4, 0.5) is 5.69 Å². The minimum absolute atomic E-state index is 0.360. The number of carbonyl (C=O) groups is 1. The minimum atomic E-state index is -0.360. The number of benzene rings is 4. The zero-order valence-corrected chi connectivity index (χ0v) is 20.3. The highest BCUT2D eigenvalue weighted by atomic mass is 79.9. The summed E-state index contributed by atoms with van der Waals surface area (Å²) in [7, 11) is 1.53. The quantitative estimate of drug-likeness (QED) is 0.250. The highest BCUT2D eigenvalue weighted by Crippen LogP contribution is 2.38. The average molecular weight is 542 g/mol. The molecule has 1 heterocycles. The molecule has 0 aliphatic heterocycles. The standard InChI is InChI=1S/C25H15BrCl2N2O3/c1-32-23-17(10-13-4-2-3-5-16(13)22(23)26)24(31)29-19-11-14(6-8-18(19)28)25-30-20-12-15(27)7-9-21(20)33-25/h2-12H,1H3,(H,29,31). The molecule has 164 valence electrons. The van der Waals surface area contributed by atoms with Crippen LogP contribution in [0.2, 0.25) is 10.0 Å². The lowest BCUT2D eigenvalue weighted by atomic mass is 10.0. The van der Waals surface area contributed by atoms with Crippen molar-refractivity contribution in [1.29, 1.82) is 0 Å². The van der Waals surface area contributed by atoms with E-state index in [1.54, 1.807) is 42.5 Å². The Balaban J connectivity index is 1.52. The van der Waals surface area contributed by atoms with Gasteiger partial charge in [0.25, 0.3) is 5.91 Å². The molecule has 0 saturated heterocycles. The van der Waals surface area contributed by atoms with Gasteiger partial charge in [-0.05, 0) is 69.2 Å². The van der Waals surface area contributed by atoms with Crippen molar-refractivity contribution in [3.05, 3.63) is 86.8 Å². The van der Waals surface area contributed by atoms with Crippen LogP contribution in [-0.4, -0.2) is 18.0 Å². The zero-order chi connectivity index (χ0) is 23.1. The van der Waals surface area contributed by atoms with Crippen LogP contribution >= 0.6 is 39.1 Å².